The van der Waals surface area contributed by atoms with Crippen LogP contribution in [0.3, 0.4) is 0 Å². The summed E-state index contributed by atoms with van der Waals surface area (Å²) >= 11 is 0. The Bertz CT molecular complexity index is 1020. The fourth-order valence-electron chi connectivity index (χ4n) is 8.40. The summed E-state index contributed by atoms with van der Waals surface area (Å²) in [6, 6.07) is 0. The van der Waals surface area contributed by atoms with Crippen LogP contribution in [0.15, 0.2) is 36.5 Å². The minimum Gasteiger partial charge on any atom is -0.462 e. The standard InChI is InChI=1S/C59H110O5/c1-4-7-10-13-16-19-22-25-27-28-29-30-31-33-36-39-42-45-48-51-54-62-55-57(64-59(61)53-50-47-44-41-38-34-24-21-18-15-12-9-6-3)56-63-58(60)52-49-46-43-40-37-35-32-26-23-20-17-14-11-8-5-2/h16,19,25,27,29-30,57H,4-15,17-18,20-24,26,28,31-56H2,1-3H3/b19-16-,27-25-,30-29-. The number of ether oxygens (including phenoxy) is 3. The molecule has 64 heavy (non-hydrogen) atoms. The molecule has 1 unspecified atom stereocenters. The Morgan fingerprint density at radius 2 is 0.656 bits per heavy atom. The number of rotatable bonds is 53. The molecule has 0 N–H and O–H groups in total. The summed E-state index contributed by atoms with van der Waals surface area (Å²) in [6.45, 7) is 7.84. The van der Waals surface area contributed by atoms with Crippen molar-refractivity contribution < 1.29 is 23.8 Å². The molecule has 0 aliphatic carbocycles. The van der Waals surface area contributed by atoms with Crippen molar-refractivity contribution in [1.82, 2.24) is 0 Å². The zero-order valence-electron chi connectivity index (χ0n) is 43.3. The second kappa shape index (κ2) is 55.4. The summed E-state index contributed by atoms with van der Waals surface area (Å²) in [5.41, 5.74) is 0. The number of hydrogen-bond acceptors (Lipinski definition) is 5. The summed E-state index contributed by atoms with van der Waals surface area (Å²) in [5, 5.41) is 0. The van der Waals surface area contributed by atoms with Crippen LogP contribution in [0, 0.1) is 0 Å². The zero-order valence-corrected chi connectivity index (χ0v) is 43.3. The van der Waals surface area contributed by atoms with E-state index in [0.717, 1.165) is 51.4 Å². The number of esters is 2. The van der Waals surface area contributed by atoms with Crippen molar-refractivity contribution >= 4 is 11.9 Å². The highest BCUT2D eigenvalue weighted by molar-refractivity contribution is 5.70. The third kappa shape index (κ3) is 52.7. The molecular formula is C59H110O5. The molecule has 0 aliphatic rings. The minimum absolute atomic E-state index is 0.0880. The molecular weight excluding hydrogens is 789 g/mol. The van der Waals surface area contributed by atoms with Gasteiger partial charge in [-0.2, -0.15) is 0 Å². The van der Waals surface area contributed by atoms with Gasteiger partial charge >= 0.3 is 11.9 Å². The van der Waals surface area contributed by atoms with Gasteiger partial charge in [-0.1, -0.05) is 269 Å². The predicted octanol–water partition coefficient (Wildman–Crippen LogP) is 19.4. The van der Waals surface area contributed by atoms with Crippen molar-refractivity contribution in [3.8, 4) is 0 Å². The maximum atomic E-state index is 12.8. The van der Waals surface area contributed by atoms with Crippen molar-refractivity contribution in [2.75, 3.05) is 19.8 Å². The van der Waals surface area contributed by atoms with Crippen LogP contribution in [0.1, 0.15) is 303 Å². The van der Waals surface area contributed by atoms with Crippen molar-refractivity contribution in [3.63, 3.8) is 0 Å². The number of carbonyl (C=O) groups is 2. The minimum atomic E-state index is -0.535. The molecule has 5 nitrogen and oxygen atoms in total. The topological polar surface area (TPSA) is 61.8 Å². The van der Waals surface area contributed by atoms with Gasteiger partial charge in [0.2, 0.25) is 0 Å². The lowest BCUT2D eigenvalue weighted by atomic mass is 10.0. The number of hydrogen-bond donors (Lipinski definition) is 0. The van der Waals surface area contributed by atoms with Crippen LogP contribution in [0.2, 0.25) is 0 Å². The summed E-state index contributed by atoms with van der Waals surface area (Å²) < 4.78 is 17.5. The van der Waals surface area contributed by atoms with Gasteiger partial charge in [0.15, 0.2) is 6.10 Å². The molecule has 0 amide bonds. The van der Waals surface area contributed by atoms with E-state index >= 15 is 0 Å². The summed E-state index contributed by atoms with van der Waals surface area (Å²) in [6.07, 6.45) is 67.3. The molecule has 0 spiro atoms. The SMILES string of the molecule is CCCCC/C=C\C/C=C\C/C=C\CCCCCCCCCOCC(COC(=O)CCCCCCCCCCCCCCCCC)OC(=O)CCCCCCCCCCCCCCC. The summed E-state index contributed by atoms with van der Waals surface area (Å²) in [4.78, 5) is 25.5. The van der Waals surface area contributed by atoms with Crippen LogP contribution in [0.5, 0.6) is 0 Å². The Hall–Kier alpha value is -1.88. The van der Waals surface area contributed by atoms with E-state index in [0.29, 0.717) is 19.4 Å². The van der Waals surface area contributed by atoms with E-state index in [9.17, 15) is 9.59 Å². The number of carbonyl (C=O) groups excluding carboxylic acids is 2. The van der Waals surface area contributed by atoms with Crippen LogP contribution in [0.4, 0.5) is 0 Å². The quantitative estimate of drug-likeness (QED) is 0.0346. The fraction of sp³-hybridized carbons (Fsp3) is 0.864. The van der Waals surface area contributed by atoms with Crippen molar-refractivity contribution in [2.24, 2.45) is 0 Å². The van der Waals surface area contributed by atoms with E-state index < -0.39 is 6.10 Å². The molecule has 0 heterocycles. The van der Waals surface area contributed by atoms with Gasteiger partial charge < -0.3 is 14.2 Å². The highest BCUT2D eigenvalue weighted by Crippen LogP contribution is 2.16. The molecule has 0 aliphatic heterocycles. The highest BCUT2D eigenvalue weighted by atomic mass is 16.6. The van der Waals surface area contributed by atoms with E-state index in [1.807, 2.05) is 0 Å². The van der Waals surface area contributed by atoms with Gasteiger partial charge in [-0.3, -0.25) is 9.59 Å². The Morgan fingerprint density at radius 3 is 1.08 bits per heavy atom. The fourth-order valence-corrected chi connectivity index (χ4v) is 8.40. The predicted molar refractivity (Wildman–Crippen MR) is 279 cm³/mol. The molecule has 0 radical (unpaired) electrons. The summed E-state index contributed by atoms with van der Waals surface area (Å²) in [7, 11) is 0. The number of allylic oxidation sites excluding steroid dienone is 6. The molecule has 0 aromatic heterocycles. The Kier molecular flexibility index (Phi) is 53.8. The first-order valence-electron chi connectivity index (χ1n) is 28.5. The van der Waals surface area contributed by atoms with Gasteiger partial charge in [0.05, 0.1) is 6.61 Å². The lowest BCUT2D eigenvalue weighted by Crippen LogP contribution is -2.30. The van der Waals surface area contributed by atoms with Crippen LogP contribution < -0.4 is 0 Å². The molecule has 376 valence electrons. The maximum Gasteiger partial charge on any atom is 0.306 e. The van der Waals surface area contributed by atoms with Gasteiger partial charge in [-0.25, -0.2) is 0 Å². The number of unbranched alkanes of at least 4 members (excludes halogenated alkanes) is 36. The van der Waals surface area contributed by atoms with Crippen LogP contribution in [0.25, 0.3) is 0 Å². The Labute approximate surface area is 400 Å². The molecule has 0 fully saturated rings. The largest absolute Gasteiger partial charge is 0.462 e. The molecule has 0 aromatic carbocycles. The van der Waals surface area contributed by atoms with Crippen LogP contribution in [-0.2, 0) is 23.8 Å². The first-order chi connectivity index (χ1) is 31.6. The van der Waals surface area contributed by atoms with Crippen molar-refractivity contribution in [1.29, 1.82) is 0 Å². The third-order valence-corrected chi connectivity index (χ3v) is 12.7. The maximum absolute atomic E-state index is 12.8. The second-order valence-corrected chi connectivity index (χ2v) is 19.2. The van der Waals surface area contributed by atoms with E-state index in [1.54, 1.807) is 0 Å². The first kappa shape index (κ1) is 62.1. The Morgan fingerprint density at radius 1 is 0.344 bits per heavy atom. The van der Waals surface area contributed by atoms with E-state index in [-0.39, 0.29) is 25.2 Å². The monoisotopic (exact) mass is 899 g/mol. The highest BCUT2D eigenvalue weighted by Gasteiger charge is 2.17. The van der Waals surface area contributed by atoms with Crippen LogP contribution >= 0.6 is 0 Å². The average molecular weight is 900 g/mol. The normalized spacial score (nSPS) is 12.4. The smallest absolute Gasteiger partial charge is 0.306 e. The van der Waals surface area contributed by atoms with Crippen molar-refractivity contribution in [2.45, 2.75) is 309 Å². The van der Waals surface area contributed by atoms with E-state index in [4.69, 9.17) is 14.2 Å². The molecule has 0 saturated carbocycles. The third-order valence-electron chi connectivity index (χ3n) is 12.7. The zero-order chi connectivity index (χ0) is 46.3. The average Bonchev–Trinajstić information content (AvgIpc) is 3.30. The van der Waals surface area contributed by atoms with Gasteiger partial charge in [0.1, 0.15) is 6.61 Å². The van der Waals surface area contributed by atoms with E-state index in [2.05, 4.69) is 57.2 Å². The first-order valence-corrected chi connectivity index (χ1v) is 28.5. The van der Waals surface area contributed by atoms with E-state index in [1.165, 1.54) is 218 Å². The molecule has 0 rings (SSSR count). The molecule has 5 heteroatoms. The van der Waals surface area contributed by atoms with Gasteiger partial charge in [0, 0.05) is 19.4 Å². The molecule has 0 saturated heterocycles. The lowest BCUT2D eigenvalue weighted by Gasteiger charge is -2.18. The molecule has 1 atom stereocenters. The van der Waals surface area contributed by atoms with Crippen LogP contribution in [-0.4, -0.2) is 37.9 Å². The lowest BCUT2D eigenvalue weighted by molar-refractivity contribution is -0.163. The van der Waals surface area contributed by atoms with Gasteiger partial charge in [-0.05, 0) is 57.8 Å². The molecule has 0 bridgehead atoms. The summed E-state index contributed by atoms with van der Waals surface area (Å²) in [5.74, 6) is -0.383. The van der Waals surface area contributed by atoms with Gasteiger partial charge in [0.25, 0.3) is 0 Å². The Balaban J connectivity index is 4.23. The second-order valence-electron chi connectivity index (χ2n) is 19.2. The molecule has 0 aromatic rings. The van der Waals surface area contributed by atoms with Gasteiger partial charge in [-0.15, -0.1) is 0 Å². The van der Waals surface area contributed by atoms with Crippen molar-refractivity contribution in [3.05, 3.63) is 36.5 Å².